The van der Waals surface area contributed by atoms with Gasteiger partial charge in [-0.1, -0.05) is 6.92 Å². The van der Waals surface area contributed by atoms with Gasteiger partial charge in [-0.2, -0.15) is 0 Å². The summed E-state index contributed by atoms with van der Waals surface area (Å²) in [6.07, 6.45) is 6.30. The van der Waals surface area contributed by atoms with E-state index in [4.69, 9.17) is 21.4 Å². The van der Waals surface area contributed by atoms with E-state index in [9.17, 15) is 0 Å². The third-order valence-electron chi connectivity index (χ3n) is 2.22. The van der Waals surface area contributed by atoms with Gasteiger partial charge in [0.1, 0.15) is 0 Å². The molecule has 0 aliphatic rings. The Labute approximate surface area is 79.7 Å². The van der Waals surface area contributed by atoms with Crippen LogP contribution in [0.5, 0.6) is 0 Å². The van der Waals surface area contributed by atoms with Crippen LogP contribution < -0.4 is 0 Å². The van der Waals surface area contributed by atoms with Crippen molar-refractivity contribution in [1.29, 1.82) is 0 Å². The lowest BCUT2D eigenvalue weighted by molar-refractivity contribution is -0.0284. The lowest BCUT2D eigenvalue weighted by atomic mass is 9.88. The number of ether oxygens (including phenoxy) is 1. The van der Waals surface area contributed by atoms with E-state index in [1.165, 1.54) is 0 Å². The van der Waals surface area contributed by atoms with Crippen molar-refractivity contribution in [1.82, 2.24) is 0 Å². The van der Waals surface area contributed by atoms with Crippen molar-refractivity contribution in [3.8, 4) is 12.3 Å². The molecule has 76 valence electrons. The Hall–Kier alpha value is -0.560. The van der Waals surface area contributed by atoms with Crippen LogP contribution in [0, 0.1) is 17.8 Å². The molecule has 0 saturated heterocycles. The van der Waals surface area contributed by atoms with E-state index in [0.717, 1.165) is 0 Å². The molecular formula is C10H18O3. The van der Waals surface area contributed by atoms with Crippen LogP contribution in [0.4, 0.5) is 0 Å². The van der Waals surface area contributed by atoms with Crippen molar-refractivity contribution in [3.05, 3.63) is 0 Å². The summed E-state index contributed by atoms with van der Waals surface area (Å²) >= 11 is 0. The van der Waals surface area contributed by atoms with Gasteiger partial charge in [0, 0.05) is 11.8 Å². The predicted molar refractivity (Wildman–Crippen MR) is 51.2 cm³/mol. The molecule has 0 spiro atoms. The van der Waals surface area contributed by atoms with Gasteiger partial charge in [-0.05, 0) is 6.42 Å². The maximum atomic E-state index is 9.05. The van der Waals surface area contributed by atoms with Crippen molar-refractivity contribution in [2.24, 2.45) is 5.41 Å². The molecule has 0 radical (unpaired) electrons. The quantitative estimate of drug-likeness (QED) is 0.447. The summed E-state index contributed by atoms with van der Waals surface area (Å²) in [7, 11) is 0. The zero-order valence-corrected chi connectivity index (χ0v) is 8.12. The molecule has 0 aromatic rings. The Kier molecular flexibility index (Phi) is 6.61. The Morgan fingerprint density at radius 2 is 2.00 bits per heavy atom. The molecule has 2 N–H and O–H groups in total. The minimum absolute atomic E-state index is 0.0595. The molecule has 0 heterocycles. The molecule has 0 fully saturated rings. The second kappa shape index (κ2) is 6.90. The van der Waals surface area contributed by atoms with Gasteiger partial charge in [-0.3, -0.25) is 0 Å². The predicted octanol–water partition coefficient (Wildman–Crippen LogP) is 0.407. The van der Waals surface area contributed by atoms with Gasteiger partial charge in [-0.25, -0.2) is 0 Å². The summed E-state index contributed by atoms with van der Waals surface area (Å²) in [5.41, 5.74) is -0.505. The van der Waals surface area contributed by atoms with Crippen molar-refractivity contribution >= 4 is 0 Å². The lowest BCUT2D eigenvalue weighted by Crippen LogP contribution is -2.34. The maximum absolute atomic E-state index is 9.05. The largest absolute Gasteiger partial charge is 0.396 e. The number of hydrogen-bond donors (Lipinski definition) is 2. The molecule has 0 aromatic carbocycles. The molecule has 0 aliphatic carbocycles. The van der Waals surface area contributed by atoms with E-state index in [0.29, 0.717) is 26.1 Å². The van der Waals surface area contributed by atoms with Crippen LogP contribution in [0.1, 0.15) is 19.8 Å². The van der Waals surface area contributed by atoms with E-state index in [1.54, 1.807) is 0 Å². The zero-order valence-electron chi connectivity index (χ0n) is 8.12. The van der Waals surface area contributed by atoms with Crippen LogP contribution in [0.3, 0.4) is 0 Å². The topological polar surface area (TPSA) is 49.7 Å². The highest BCUT2D eigenvalue weighted by Gasteiger charge is 2.26. The molecule has 0 aliphatic heterocycles. The summed E-state index contributed by atoms with van der Waals surface area (Å²) in [6.45, 7) is 2.64. The molecule has 0 bridgehead atoms. The fraction of sp³-hybridized carbons (Fsp3) is 0.800. The summed E-state index contributed by atoms with van der Waals surface area (Å²) in [5, 5.41) is 18.1. The Morgan fingerprint density at radius 1 is 1.38 bits per heavy atom. The van der Waals surface area contributed by atoms with E-state index in [2.05, 4.69) is 5.92 Å². The van der Waals surface area contributed by atoms with Crippen LogP contribution in [-0.4, -0.2) is 36.6 Å². The molecule has 3 heteroatoms. The van der Waals surface area contributed by atoms with E-state index < -0.39 is 5.41 Å². The second-order valence-electron chi connectivity index (χ2n) is 3.18. The van der Waals surface area contributed by atoms with Gasteiger partial charge in [-0.15, -0.1) is 12.3 Å². The van der Waals surface area contributed by atoms with Crippen molar-refractivity contribution < 1.29 is 14.9 Å². The smallest absolute Gasteiger partial charge is 0.0575 e. The highest BCUT2D eigenvalue weighted by atomic mass is 16.5. The van der Waals surface area contributed by atoms with Gasteiger partial charge in [0.05, 0.1) is 26.4 Å². The van der Waals surface area contributed by atoms with E-state index >= 15 is 0 Å². The SMILES string of the molecule is C#CCCOCC(CC)(CO)CO. The number of aliphatic hydroxyl groups is 2. The molecule has 13 heavy (non-hydrogen) atoms. The number of aliphatic hydroxyl groups excluding tert-OH is 2. The molecule has 0 atom stereocenters. The van der Waals surface area contributed by atoms with E-state index in [-0.39, 0.29) is 13.2 Å². The highest BCUT2D eigenvalue weighted by molar-refractivity contribution is 4.83. The van der Waals surface area contributed by atoms with Gasteiger partial charge in [0.25, 0.3) is 0 Å². The second-order valence-corrected chi connectivity index (χ2v) is 3.18. The first kappa shape index (κ1) is 12.4. The highest BCUT2D eigenvalue weighted by Crippen LogP contribution is 2.20. The number of hydrogen-bond acceptors (Lipinski definition) is 3. The third kappa shape index (κ3) is 4.28. The molecule has 0 saturated carbocycles. The molecule has 0 unspecified atom stereocenters. The lowest BCUT2D eigenvalue weighted by Gasteiger charge is -2.27. The summed E-state index contributed by atoms with van der Waals surface area (Å²) < 4.78 is 5.25. The molecule has 0 aromatic heterocycles. The Morgan fingerprint density at radius 3 is 2.38 bits per heavy atom. The normalized spacial score (nSPS) is 11.2. The van der Waals surface area contributed by atoms with Crippen molar-refractivity contribution in [2.75, 3.05) is 26.4 Å². The van der Waals surface area contributed by atoms with Crippen LogP contribution in [0.2, 0.25) is 0 Å². The summed E-state index contributed by atoms with van der Waals surface area (Å²) in [4.78, 5) is 0. The zero-order chi connectivity index (χ0) is 10.2. The Balaban J connectivity index is 3.76. The van der Waals surface area contributed by atoms with Gasteiger partial charge in [0.2, 0.25) is 0 Å². The average molecular weight is 186 g/mol. The summed E-state index contributed by atoms with van der Waals surface area (Å²) in [6, 6.07) is 0. The molecule has 0 amide bonds. The van der Waals surface area contributed by atoms with Crippen LogP contribution in [0.15, 0.2) is 0 Å². The fourth-order valence-electron chi connectivity index (χ4n) is 0.887. The van der Waals surface area contributed by atoms with Crippen LogP contribution in [0.25, 0.3) is 0 Å². The number of rotatable bonds is 7. The summed E-state index contributed by atoms with van der Waals surface area (Å²) in [5.74, 6) is 2.46. The molecular weight excluding hydrogens is 168 g/mol. The minimum Gasteiger partial charge on any atom is -0.396 e. The molecule has 0 rings (SSSR count). The van der Waals surface area contributed by atoms with Gasteiger partial charge >= 0.3 is 0 Å². The monoisotopic (exact) mass is 186 g/mol. The minimum atomic E-state index is -0.505. The fourth-order valence-corrected chi connectivity index (χ4v) is 0.887. The standard InChI is InChI=1S/C10H18O3/c1-3-5-6-13-9-10(4-2,7-11)8-12/h1,11-12H,4-9H2,2H3. The first-order chi connectivity index (χ1) is 6.24. The third-order valence-corrected chi connectivity index (χ3v) is 2.22. The van der Waals surface area contributed by atoms with Gasteiger partial charge in [0.15, 0.2) is 0 Å². The van der Waals surface area contributed by atoms with Crippen molar-refractivity contribution in [3.63, 3.8) is 0 Å². The number of terminal acetylenes is 1. The first-order valence-electron chi connectivity index (χ1n) is 4.47. The Bertz CT molecular complexity index is 148. The van der Waals surface area contributed by atoms with Crippen LogP contribution in [-0.2, 0) is 4.74 Å². The van der Waals surface area contributed by atoms with E-state index in [1.807, 2.05) is 6.92 Å². The molecule has 3 nitrogen and oxygen atoms in total. The average Bonchev–Trinajstić information content (AvgIpc) is 2.20. The van der Waals surface area contributed by atoms with Crippen LogP contribution >= 0.6 is 0 Å². The first-order valence-corrected chi connectivity index (χ1v) is 4.47. The van der Waals surface area contributed by atoms with Gasteiger partial charge < -0.3 is 14.9 Å². The maximum Gasteiger partial charge on any atom is 0.0575 e. The van der Waals surface area contributed by atoms with Crippen molar-refractivity contribution in [2.45, 2.75) is 19.8 Å².